The number of esters is 1. The Kier molecular flexibility index (Phi) is 14.4. The standard InChI is InChI=1S/C37H55N3O7S/c1-12-37(9,10)40(32(43)27(21-22-48-11)39-34(45)47-36(6,7)8)29(26-20-16-17-24(2)30(26)41)31(42)38-28(33(44)46-35(3,4)5)23-25-18-14-13-15-19-25/h13-20,27-29,41H,12,21-23H2,1-11H3,(H,38,42)(H,39,45). The monoisotopic (exact) mass is 685 g/mol. The van der Waals surface area contributed by atoms with E-state index in [1.807, 2.05) is 57.4 Å². The summed E-state index contributed by atoms with van der Waals surface area (Å²) < 4.78 is 11.2. The van der Waals surface area contributed by atoms with Crippen molar-refractivity contribution in [2.24, 2.45) is 0 Å². The molecule has 3 amide bonds. The Bertz CT molecular complexity index is 1400. The summed E-state index contributed by atoms with van der Waals surface area (Å²) in [5.74, 6) is -1.46. The highest BCUT2D eigenvalue weighted by atomic mass is 32.2. The van der Waals surface area contributed by atoms with Crippen LogP contribution in [0.1, 0.15) is 97.9 Å². The number of thioether (sulfide) groups is 1. The second-order valence-electron chi connectivity index (χ2n) is 14.6. The third kappa shape index (κ3) is 12.1. The Hall–Kier alpha value is -3.73. The number of ether oxygens (including phenoxy) is 2. The molecule has 3 atom stereocenters. The fourth-order valence-electron chi connectivity index (χ4n) is 5.02. The number of rotatable bonds is 14. The molecule has 2 rings (SSSR count). The van der Waals surface area contributed by atoms with Gasteiger partial charge in [-0.1, -0.05) is 55.5 Å². The van der Waals surface area contributed by atoms with E-state index in [9.17, 15) is 24.3 Å². The summed E-state index contributed by atoms with van der Waals surface area (Å²) in [7, 11) is 0. The summed E-state index contributed by atoms with van der Waals surface area (Å²) in [6, 6.07) is 10.7. The van der Waals surface area contributed by atoms with Gasteiger partial charge >= 0.3 is 12.1 Å². The minimum atomic E-state index is -1.38. The van der Waals surface area contributed by atoms with Crippen molar-refractivity contribution in [3.05, 3.63) is 65.2 Å². The van der Waals surface area contributed by atoms with E-state index < -0.39 is 58.7 Å². The molecule has 11 heteroatoms. The topological polar surface area (TPSA) is 134 Å². The molecule has 0 aliphatic rings. The smallest absolute Gasteiger partial charge is 0.408 e. The number of aromatic hydroxyl groups is 1. The number of phenols is 1. The molecule has 2 aromatic rings. The number of carbonyl (C=O) groups excluding carboxylic acids is 4. The summed E-state index contributed by atoms with van der Waals surface area (Å²) in [5, 5.41) is 17.0. The molecule has 0 radical (unpaired) electrons. The first-order valence-corrected chi connectivity index (χ1v) is 17.8. The zero-order chi connectivity index (χ0) is 36.4. The summed E-state index contributed by atoms with van der Waals surface area (Å²) in [6.45, 7) is 17.7. The van der Waals surface area contributed by atoms with Crippen LogP contribution >= 0.6 is 11.8 Å². The van der Waals surface area contributed by atoms with Crippen LogP contribution in [0, 0.1) is 6.92 Å². The predicted molar refractivity (Wildman–Crippen MR) is 191 cm³/mol. The molecule has 0 fully saturated rings. The van der Waals surface area contributed by atoms with E-state index in [0.717, 1.165) is 5.56 Å². The average Bonchev–Trinajstić information content (AvgIpc) is 2.97. The van der Waals surface area contributed by atoms with Gasteiger partial charge < -0.3 is 30.1 Å². The normalized spacial score (nSPS) is 13.9. The predicted octanol–water partition coefficient (Wildman–Crippen LogP) is 6.47. The maximum absolute atomic E-state index is 14.8. The molecule has 0 saturated heterocycles. The molecule has 0 saturated carbocycles. The van der Waals surface area contributed by atoms with Crippen LogP contribution in [0.4, 0.5) is 4.79 Å². The molecule has 266 valence electrons. The molecule has 0 spiro atoms. The fourth-order valence-corrected chi connectivity index (χ4v) is 5.49. The highest BCUT2D eigenvalue weighted by Gasteiger charge is 2.45. The van der Waals surface area contributed by atoms with Gasteiger partial charge in [-0.15, -0.1) is 0 Å². The van der Waals surface area contributed by atoms with Gasteiger partial charge in [-0.25, -0.2) is 9.59 Å². The molecule has 10 nitrogen and oxygen atoms in total. The van der Waals surface area contributed by atoms with Gasteiger partial charge in [0.05, 0.1) is 0 Å². The summed E-state index contributed by atoms with van der Waals surface area (Å²) >= 11 is 1.51. The second-order valence-corrected chi connectivity index (χ2v) is 15.5. The molecule has 48 heavy (non-hydrogen) atoms. The molecule has 3 unspecified atom stereocenters. The van der Waals surface area contributed by atoms with E-state index in [2.05, 4.69) is 10.6 Å². The lowest BCUT2D eigenvalue weighted by Crippen LogP contribution is -2.60. The maximum atomic E-state index is 14.8. The Morgan fingerprint density at radius 1 is 0.854 bits per heavy atom. The fraction of sp³-hybridized carbons (Fsp3) is 0.568. The number of hydrogen-bond acceptors (Lipinski definition) is 8. The van der Waals surface area contributed by atoms with Crippen LogP contribution in [0.25, 0.3) is 0 Å². The third-order valence-electron chi connectivity index (χ3n) is 7.72. The minimum absolute atomic E-state index is 0.135. The van der Waals surface area contributed by atoms with Crippen LogP contribution in [0.2, 0.25) is 0 Å². The Morgan fingerprint density at radius 2 is 1.46 bits per heavy atom. The minimum Gasteiger partial charge on any atom is -0.507 e. The van der Waals surface area contributed by atoms with Crippen molar-refractivity contribution >= 4 is 35.6 Å². The van der Waals surface area contributed by atoms with Gasteiger partial charge in [-0.2, -0.15) is 11.8 Å². The van der Waals surface area contributed by atoms with E-state index in [0.29, 0.717) is 17.7 Å². The number of alkyl carbamates (subject to hydrolysis) is 1. The lowest BCUT2D eigenvalue weighted by atomic mass is 9.90. The van der Waals surface area contributed by atoms with Gasteiger partial charge in [-0.3, -0.25) is 9.59 Å². The van der Waals surface area contributed by atoms with Gasteiger partial charge in [0.1, 0.15) is 35.1 Å². The van der Waals surface area contributed by atoms with Crippen molar-refractivity contribution in [2.75, 3.05) is 12.0 Å². The zero-order valence-corrected chi connectivity index (χ0v) is 31.2. The summed E-state index contributed by atoms with van der Waals surface area (Å²) in [4.78, 5) is 57.4. The van der Waals surface area contributed by atoms with E-state index in [1.165, 1.54) is 16.7 Å². The van der Waals surface area contributed by atoms with Crippen molar-refractivity contribution in [1.82, 2.24) is 15.5 Å². The highest BCUT2D eigenvalue weighted by Crippen LogP contribution is 2.37. The van der Waals surface area contributed by atoms with Gasteiger partial charge in [0.15, 0.2) is 0 Å². The largest absolute Gasteiger partial charge is 0.507 e. The number of hydrogen-bond donors (Lipinski definition) is 3. The second kappa shape index (κ2) is 17.1. The first kappa shape index (κ1) is 40.4. The van der Waals surface area contributed by atoms with E-state index in [1.54, 1.807) is 66.7 Å². The molecule has 3 N–H and O–H groups in total. The molecule has 0 aliphatic heterocycles. The van der Waals surface area contributed by atoms with Gasteiger partial charge in [0.25, 0.3) is 0 Å². The lowest BCUT2D eigenvalue weighted by Gasteiger charge is -2.45. The number of nitrogens with zero attached hydrogens (tertiary/aromatic N) is 1. The molecule has 0 heterocycles. The molecule has 0 aromatic heterocycles. The van der Waals surface area contributed by atoms with Crippen molar-refractivity contribution in [1.29, 1.82) is 0 Å². The first-order valence-electron chi connectivity index (χ1n) is 16.4. The summed E-state index contributed by atoms with van der Waals surface area (Å²) in [5.41, 5.74) is -1.09. The number of benzene rings is 2. The molecular formula is C37H55N3O7S. The Labute approximate surface area is 290 Å². The van der Waals surface area contributed by atoms with Gasteiger partial charge in [-0.05, 0) is 98.3 Å². The number of carbonyl (C=O) groups is 4. The maximum Gasteiger partial charge on any atom is 0.408 e. The van der Waals surface area contributed by atoms with Crippen LogP contribution in [0.15, 0.2) is 48.5 Å². The van der Waals surface area contributed by atoms with Crippen molar-refractivity contribution in [2.45, 2.75) is 123 Å². The number of phenolic OH excluding ortho intramolecular Hbond substituents is 1. The molecular weight excluding hydrogens is 630 g/mol. The van der Waals surface area contributed by atoms with E-state index in [4.69, 9.17) is 9.47 Å². The number of nitrogens with one attached hydrogen (secondary N) is 2. The van der Waals surface area contributed by atoms with E-state index >= 15 is 0 Å². The SMILES string of the molecule is CCC(C)(C)N(C(=O)C(CCSC)NC(=O)OC(C)(C)C)C(C(=O)NC(Cc1ccccc1)C(=O)OC(C)(C)C)c1cccc(C)c1O. The van der Waals surface area contributed by atoms with Crippen molar-refractivity contribution in [3.8, 4) is 5.75 Å². The number of aryl methyl sites for hydroxylation is 1. The van der Waals surface area contributed by atoms with Crippen molar-refractivity contribution < 1.29 is 33.8 Å². The Morgan fingerprint density at radius 3 is 2.00 bits per heavy atom. The van der Waals surface area contributed by atoms with Crippen LogP contribution < -0.4 is 10.6 Å². The molecule has 2 aromatic carbocycles. The van der Waals surface area contributed by atoms with Crippen molar-refractivity contribution in [3.63, 3.8) is 0 Å². The average molecular weight is 686 g/mol. The third-order valence-corrected chi connectivity index (χ3v) is 8.36. The number of amides is 3. The molecule has 0 bridgehead atoms. The zero-order valence-electron chi connectivity index (χ0n) is 30.4. The van der Waals surface area contributed by atoms with Gasteiger partial charge in [0, 0.05) is 17.5 Å². The van der Waals surface area contributed by atoms with Crippen LogP contribution in [-0.2, 0) is 30.3 Å². The van der Waals surface area contributed by atoms with Gasteiger partial charge in [0.2, 0.25) is 11.8 Å². The van der Waals surface area contributed by atoms with Crippen LogP contribution in [0.3, 0.4) is 0 Å². The van der Waals surface area contributed by atoms with Crippen LogP contribution in [0.5, 0.6) is 5.75 Å². The first-order chi connectivity index (χ1) is 22.2. The molecule has 0 aliphatic carbocycles. The van der Waals surface area contributed by atoms with Crippen LogP contribution in [-0.4, -0.2) is 74.7 Å². The van der Waals surface area contributed by atoms with E-state index in [-0.39, 0.29) is 24.2 Å². The highest BCUT2D eigenvalue weighted by molar-refractivity contribution is 7.98. The Balaban J connectivity index is 2.75. The lowest BCUT2D eigenvalue weighted by molar-refractivity contribution is -0.159. The number of para-hydroxylation sites is 1. The summed E-state index contributed by atoms with van der Waals surface area (Å²) in [6.07, 6.45) is 1.96. The quantitative estimate of drug-likeness (QED) is 0.193.